The Morgan fingerprint density at radius 2 is 2.06 bits per heavy atom. The highest BCUT2D eigenvalue weighted by Crippen LogP contribution is 2.52. The third-order valence-corrected chi connectivity index (χ3v) is 4.74. The van der Waals surface area contributed by atoms with Gasteiger partial charge in [0.1, 0.15) is 0 Å². The maximum absolute atomic E-state index is 9.88. The van der Waals surface area contributed by atoms with E-state index in [4.69, 9.17) is 0 Å². The fourth-order valence-electron chi connectivity index (χ4n) is 3.85. The van der Waals surface area contributed by atoms with E-state index in [1.807, 2.05) is 18.3 Å². The van der Waals surface area contributed by atoms with Crippen LogP contribution in [0, 0.1) is 11.8 Å². The Morgan fingerprint density at radius 1 is 1.25 bits per heavy atom. The van der Waals surface area contributed by atoms with Crippen LogP contribution < -0.4 is 0 Å². The fourth-order valence-corrected chi connectivity index (χ4v) is 3.85. The minimum atomic E-state index is -0.0254. The van der Waals surface area contributed by atoms with Crippen LogP contribution in [-0.2, 0) is 5.41 Å². The lowest BCUT2D eigenvalue weighted by molar-refractivity contribution is 0.0170. The summed E-state index contributed by atoms with van der Waals surface area (Å²) >= 11 is 0. The number of nitrogens with zero attached hydrogens (tertiary/aromatic N) is 1. The van der Waals surface area contributed by atoms with Crippen LogP contribution in [0.15, 0.2) is 24.4 Å². The Hall–Kier alpha value is -0.890. The van der Waals surface area contributed by atoms with Gasteiger partial charge in [0.25, 0.3) is 0 Å². The van der Waals surface area contributed by atoms with Crippen LogP contribution >= 0.6 is 0 Å². The zero-order valence-electron chi connectivity index (χ0n) is 9.60. The van der Waals surface area contributed by atoms with Gasteiger partial charge in [-0.2, -0.15) is 0 Å². The molecule has 0 aromatic carbocycles. The Balaban J connectivity index is 2.00. The molecule has 1 aromatic heterocycles. The van der Waals surface area contributed by atoms with Gasteiger partial charge in [-0.25, -0.2) is 0 Å². The SMILES string of the molecule is OCC1(c2ccccn2)CC2CCC1CC2. The average Bonchev–Trinajstić information content (AvgIpc) is 2.41. The highest BCUT2D eigenvalue weighted by atomic mass is 16.3. The first-order valence-electron chi connectivity index (χ1n) is 6.37. The zero-order chi connectivity index (χ0) is 11.0. The van der Waals surface area contributed by atoms with Gasteiger partial charge in [-0.1, -0.05) is 18.9 Å². The first-order valence-corrected chi connectivity index (χ1v) is 6.37. The summed E-state index contributed by atoms with van der Waals surface area (Å²) in [6.45, 7) is 0.269. The topological polar surface area (TPSA) is 33.1 Å². The summed E-state index contributed by atoms with van der Waals surface area (Å²) < 4.78 is 0. The largest absolute Gasteiger partial charge is 0.395 e. The van der Waals surface area contributed by atoms with Gasteiger partial charge >= 0.3 is 0 Å². The van der Waals surface area contributed by atoms with Gasteiger partial charge in [0.05, 0.1) is 6.61 Å². The molecule has 3 fully saturated rings. The van der Waals surface area contributed by atoms with Gasteiger partial charge in [0, 0.05) is 17.3 Å². The van der Waals surface area contributed by atoms with Gasteiger partial charge < -0.3 is 5.11 Å². The third-order valence-electron chi connectivity index (χ3n) is 4.74. The summed E-state index contributed by atoms with van der Waals surface area (Å²) in [6, 6.07) is 6.09. The summed E-state index contributed by atoms with van der Waals surface area (Å²) in [5, 5.41) is 9.88. The minimum absolute atomic E-state index is 0.0254. The molecule has 1 N–H and O–H groups in total. The summed E-state index contributed by atoms with van der Waals surface area (Å²) in [4.78, 5) is 4.50. The number of aliphatic hydroxyl groups excluding tert-OH is 1. The van der Waals surface area contributed by atoms with Crippen molar-refractivity contribution in [2.75, 3.05) is 6.61 Å². The van der Waals surface area contributed by atoms with E-state index in [0.717, 1.165) is 18.0 Å². The van der Waals surface area contributed by atoms with Crippen LogP contribution in [-0.4, -0.2) is 16.7 Å². The Morgan fingerprint density at radius 3 is 2.56 bits per heavy atom. The highest BCUT2D eigenvalue weighted by Gasteiger charge is 2.48. The second-order valence-corrected chi connectivity index (χ2v) is 5.45. The zero-order valence-corrected chi connectivity index (χ0v) is 9.60. The van der Waals surface area contributed by atoms with Gasteiger partial charge in [0.15, 0.2) is 0 Å². The average molecular weight is 217 g/mol. The summed E-state index contributed by atoms with van der Waals surface area (Å²) in [6.07, 6.45) is 8.28. The maximum Gasteiger partial charge on any atom is 0.0545 e. The monoisotopic (exact) mass is 217 g/mol. The van der Waals surface area contributed by atoms with E-state index in [-0.39, 0.29) is 12.0 Å². The molecule has 2 heteroatoms. The predicted molar refractivity (Wildman–Crippen MR) is 63.1 cm³/mol. The number of aliphatic hydroxyl groups is 1. The molecular formula is C14H19NO. The first-order chi connectivity index (χ1) is 7.85. The number of hydrogen-bond donors (Lipinski definition) is 1. The molecule has 2 bridgehead atoms. The van der Waals surface area contributed by atoms with Gasteiger partial charge in [-0.15, -0.1) is 0 Å². The van der Waals surface area contributed by atoms with Crippen LogP contribution in [0.5, 0.6) is 0 Å². The van der Waals surface area contributed by atoms with Crippen molar-refractivity contribution < 1.29 is 5.11 Å². The lowest BCUT2D eigenvalue weighted by Crippen LogP contribution is -2.48. The van der Waals surface area contributed by atoms with Crippen molar-refractivity contribution in [2.45, 2.75) is 37.5 Å². The van der Waals surface area contributed by atoms with Crippen molar-refractivity contribution in [3.8, 4) is 0 Å². The van der Waals surface area contributed by atoms with E-state index < -0.39 is 0 Å². The van der Waals surface area contributed by atoms with Crippen molar-refractivity contribution in [1.82, 2.24) is 4.98 Å². The molecule has 0 amide bonds. The van der Waals surface area contributed by atoms with E-state index in [0.29, 0.717) is 5.92 Å². The Kier molecular flexibility index (Phi) is 2.47. The smallest absolute Gasteiger partial charge is 0.0545 e. The van der Waals surface area contributed by atoms with Crippen LogP contribution in [0.4, 0.5) is 0 Å². The van der Waals surface area contributed by atoms with Crippen molar-refractivity contribution >= 4 is 0 Å². The molecule has 3 saturated carbocycles. The summed E-state index contributed by atoms with van der Waals surface area (Å²) in [5.74, 6) is 1.47. The van der Waals surface area contributed by atoms with Crippen LogP contribution in [0.3, 0.4) is 0 Å². The summed E-state index contributed by atoms with van der Waals surface area (Å²) in [7, 11) is 0. The van der Waals surface area contributed by atoms with Gasteiger partial charge in [0.2, 0.25) is 0 Å². The third kappa shape index (κ3) is 1.40. The molecule has 1 unspecified atom stereocenters. The second-order valence-electron chi connectivity index (χ2n) is 5.45. The van der Waals surface area contributed by atoms with Crippen LogP contribution in [0.1, 0.15) is 37.8 Å². The van der Waals surface area contributed by atoms with Crippen molar-refractivity contribution in [3.63, 3.8) is 0 Å². The molecule has 1 atom stereocenters. The van der Waals surface area contributed by atoms with Gasteiger partial charge in [-0.05, 0) is 43.2 Å². The lowest BCUT2D eigenvalue weighted by atomic mass is 9.55. The number of hydrogen-bond acceptors (Lipinski definition) is 2. The molecule has 2 nitrogen and oxygen atoms in total. The van der Waals surface area contributed by atoms with Crippen LogP contribution in [0.2, 0.25) is 0 Å². The maximum atomic E-state index is 9.88. The molecule has 3 aliphatic carbocycles. The standard InChI is InChI=1S/C14H19NO/c16-10-14(13-3-1-2-8-15-13)9-11-4-6-12(14)7-5-11/h1-3,8,11-12,16H,4-7,9-10H2. The fraction of sp³-hybridized carbons (Fsp3) is 0.643. The molecule has 0 aliphatic heterocycles. The van der Waals surface area contributed by atoms with E-state index in [2.05, 4.69) is 11.1 Å². The molecule has 1 heterocycles. The van der Waals surface area contributed by atoms with Crippen molar-refractivity contribution in [3.05, 3.63) is 30.1 Å². The van der Waals surface area contributed by atoms with Crippen molar-refractivity contribution in [1.29, 1.82) is 0 Å². The minimum Gasteiger partial charge on any atom is -0.395 e. The molecular weight excluding hydrogens is 198 g/mol. The Bertz CT molecular complexity index is 356. The van der Waals surface area contributed by atoms with Crippen LogP contribution in [0.25, 0.3) is 0 Å². The highest BCUT2D eigenvalue weighted by molar-refractivity contribution is 5.22. The predicted octanol–water partition coefficient (Wildman–Crippen LogP) is 2.52. The van der Waals surface area contributed by atoms with E-state index >= 15 is 0 Å². The van der Waals surface area contributed by atoms with E-state index in [9.17, 15) is 5.11 Å². The normalized spacial score (nSPS) is 37.6. The molecule has 3 aliphatic rings. The van der Waals surface area contributed by atoms with Gasteiger partial charge in [-0.3, -0.25) is 4.98 Å². The van der Waals surface area contributed by atoms with Crippen molar-refractivity contribution in [2.24, 2.45) is 11.8 Å². The second kappa shape index (κ2) is 3.85. The number of aromatic nitrogens is 1. The number of rotatable bonds is 2. The lowest BCUT2D eigenvalue weighted by Gasteiger charge is -2.50. The summed E-state index contributed by atoms with van der Waals surface area (Å²) in [5.41, 5.74) is 1.09. The first kappa shape index (κ1) is 10.3. The van der Waals surface area contributed by atoms with E-state index in [1.165, 1.54) is 25.7 Å². The molecule has 1 aromatic rings. The molecule has 16 heavy (non-hydrogen) atoms. The molecule has 0 spiro atoms. The Labute approximate surface area is 96.7 Å². The molecule has 86 valence electrons. The number of pyridine rings is 1. The molecule has 0 saturated heterocycles. The quantitative estimate of drug-likeness (QED) is 0.825. The number of fused-ring (bicyclic) bond motifs is 3. The van der Waals surface area contributed by atoms with E-state index in [1.54, 1.807) is 0 Å². The molecule has 0 radical (unpaired) electrons. The molecule has 4 rings (SSSR count).